The molecule has 0 aliphatic heterocycles. The highest BCUT2D eigenvalue weighted by molar-refractivity contribution is 6.04. The third-order valence-corrected chi connectivity index (χ3v) is 2.84. The van der Waals surface area contributed by atoms with Crippen molar-refractivity contribution in [3.8, 4) is 0 Å². The van der Waals surface area contributed by atoms with Gasteiger partial charge in [0.25, 0.3) is 5.91 Å². The van der Waals surface area contributed by atoms with Crippen molar-refractivity contribution in [2.24, 2.45) is 0 Å². The Hall–Kier alpha value is -2.43. The molecule has 1 amide bonds. The Morgan fingerprint density at radius 3 is 2.65 bits per heavy atom. The Bertz CT molecular complexity index is 584. The van der Waals surface area contributed by atoms with Crippen molar-refractivity contribution in [1.29, 1.82) is 0 Å². The smallest absolute Gasteiger partial charge is 0.258 e. The quantitative estimate of drug-likeness (QED) is 0.876. The van der Waals surface area contributed by atoms with Crippen LogP contribution in [0.5, 0.6) is 0 Å². The number of amides is 1. The van der Waals surface area contributed by atoms with Crippen LogP contribution in [0.4, 0.5) is 11.6 Å². The summed E-state index contributed by atoms with van der Waals surface area (Å²) in [5.41, 5.74) is 2.57. The summed E-state index contributed by atoms with van der Waals surface area (Å²) in [6.07, 6.45) is 4.24. The first-order valence-electron chi connectivity index (χ1n) is 6.63. The van der Waals surface area contributed by atoms with Crippen molar-refractivity contribution in [3.63, 3.8) is 0 Å². The van der Waals surface area contributed by atoms with Crippen LogP contribution in [-0.4, -0.2) is 22.4 Å². The molecule has 0 aliphatic rings. The van der Waals surface area contributed by atoms with Gasteiger partial charge in [0.2, 0.25) is 5.95 Å². The highest BCUT2D eigenvalue weighted by Crippen LogP contribution is 2.16. The zero-order valence-corrected chi connectivity index (χ0v) is 11.7. The molecule has 5 nitrogen and oxygen atoms in total. The molecule has 1 aromatic carbocycles. The van der Waals surface area contributed by atoms with Gasteiger partial charge in [0.15, 0.2) is 0 Å². The van der Waals surface area contributed by atoms with E-state index in [1.165, 1.54) is 0 Å². The van der Waals surface area contributed by atoms with E-state index in [9.17, 15) is 4.79 Å². The number of rotatable bonds is 5. The van der Waals surface area contributed by atoms with Gasteiger partial charge in [-0.1, -0.05) is 6.92 Å². The van der Waals surface area contributed by atoms with Crippen molar-refractivity contribution in [2.45, 2.75) is 20.3 Å². The Morgan fingerprint density at radius 1 is 1.25 bits per heavy atom. The van der Waals surface area contributed by atoms with Gasteiger partial charge >= 0.3 is 0 Å². The topological polar surface area (TPSA) is 66.9 Å². The summed E-state index contributed by atoms with van der Waals surface area (Å²) in [6, 6.07) is 7.39. The van der Waals surface area contributed by atoms with E-state index in [4.69, 9.17) is 0 Å². The second kappa shape index (κ2) is 6.65. The van der Waals surface area contributed by atoms with Crippen LogP contribution in [-0.2, 0) is 0 Å². The summed E-state index contributed by atoms with van der Waals surface area (Å²) in [5.74, 6) is 0.112. The maximum absolute atomic E-state index is 12.1. The molecule has 0 aliphatic carbocycles. The molecule has 0 bridgehead atoms. The summed E-state index contributed by atoms with van der Waals surface area (Å²) in [4.78, 5) is 20.1. The van der Waals surface area contributed by atoms with E-state index in [1.807, 2.05) is 25.1 Å². The minimum absolute atomic E-state index is 0.198. The minimum atomic E-state index is -0.198. The fourth-order valence-electron chi connectivity index (χ4n) is 1.83. The van der Waals surface area contributed by atoms with Gasteiger partial charge < -0.3 is 5.32 Å². The average Bonchev–Trinajstić information content (AvgIpc) is 2.46. The molecule has 0 unspecified atom stereocenters. The molecule has 1 heterocycles. The Balaban J connectivity index is 2.10. The van der Waals surface area contributed by atoms with Crippen LogP contribution in [0.1, 0.15) is 29.3 Å². The molecular weight excluding hydrogens is 252 g/mol. The van der Waals surface area contributed by atoms with Crippen LogP contribution in [0.3, 0.4) is 0 Å². The number of aryl methyl sites for hydroxylation is 1. The number of benzene rings is 1. The lowest BCUT2D eigenvalue weighted by Crippen LogP contribution is -2.15. The predicted octanol–water partition coefficient (Wildman–Crippen LogP) is 2.86. The van der Waals surface area contributed by atoms with Gasteiger partial charge in [0.1, 0.15) is 0 Å². The molecule has 0 spiro atoms. The van der Waals surface area contributed by atoms with E-state index in [0.717, 1.165) is 24.2 Å². The van der Waals surface area contributed by atoms with Gasteiger partial charge in [-0.2, -0.15) is 0 Å². The van der Waals surface area contributed by atoms with Crippen LogP contribution in [0.25, 0.3) is 0 Å². The van der Waals surface area contributed by atoms with E-state index in [0.29, 0.717) is 11.5 Å². The fraction of sp³-hybridized carbons (Fsp3) is 0.267. The molecular formula is C15H18N4O. The van der Waals surface area contributed by atoms with E-state index in [2.05, 4.69) is 27.5 Å². The average molecular weight is 270 g/mol. The van der Waals surface area contributed by atoms with E-state index < -0.39 is 0 Å². The maximum Gasteiger partial charge on any atom is 0.258 e. The SMILES string of the molecule is CCCNc1ccc(C(=O)Nc2ncccn2)c(C)c1. The normalized spacial score (nSPS) is 10.1. The summed E-state index contributed by atoms with van der Waals surface area (Å²) >= 11 is 0. The van der Waals surface area contributed by atoms with Gasteiger partial charge in [-0.3, -0.25) is 10.1 Å². The summed E-state index contributed by atoms with van der Waals surface area (Å²) in [7, 11) is 0. The molecule has 1 aromatic heterocycles. The molecule has 2 rings (SSSR count). The van der Waals surface area contributed by atoms with Gasteiger partial charge in [-0.15, -0.1) is 0 Å². The Labute approximate surface area is 118 Å². The molecule has 20 heavy (non-hydrogen) atoms. The van der Waals surface area contributed by atoms with Crippen LogP contribution in [0.2, 0.25) is 0 Å². The van der Waals surface area contributed by atoms with Crippen molar-refractivity contribution in [1.82, 2.24) is 9.97 Å². The molecule has 104 valence electrons. The number of hydrogen-bond donors (Lipinski definition) is 2. The number of nitrogens with one attached hydrogen (secondary N) is 2. The molecule has 0 saturated heterocycles. The van der Waals surface area contributed by atoms with Crippen molar-refractivity contribution in [3.05, 3.63) is 47.8 Å². The largest absolute Gasteiger partial charge is 0.385 e. The first kappa shape index (κ1) is 14.0. The van der Waals surface area contributed by atoms with Crippen molar-refractivity contribution in [2.75, 3.05) is 17.2 Å². The number of nitrogens with zero attached hydrogens (tertiary/aromatic N) is 2. The monoisotopic (exact) mass is 270 g/mol. The molecule has 0 radical (unpaired) electrons. The summed E-state index contributed by atoms with van der Waals surface area (Å²) in [6.45, 7) is 4.95. The molecule has 0 atom stereocenters. The molecule has 2 aromatic rings. The van der Waals surface area contributed by atoms with Crippen molar-refractivity contribution < 1.29 is 4.79 Å². The van der Waals surface area contributed by atoms with Gasteiger partial charge in [-0.25, -0.2) is 9.97 Å². The lowest BCUT2D eigenvalue weighted by atomic mass is 10.1. The summed E-state index contributed by atoms with van der Waals surface area (Å²) < 4.78 is 0. The molecule has 0 fully saturated rings. The number of hydrogen-bond acceptors (Lipinski definition) is 4. The molecule has 2 N–H and O–H groups in total. The zero-order valence-electron chi connectivity index (χ0n) is 11.7. The summed E-state index contributed by atoms with van der Waals surface area (Å²) in [5, 5.41) is 5.97. The zero-order chi connectivity index (χ0) is 14.4. The first-order valence-corrected chi connectivity index (χ1v) is 6.63. The lowest BCUT2D eigenvalue weighted by molar-refractivity contribution is 0.102. The second-order valence-corrected chi connectivity index (χ2v) is 4.48. The highest BCUT2D eigenvalue weighted by atomic mass is 16.1. The van der Waals surface area contributed by atoms with E-state index in [-0.39, 0.29) is 5.91 Å². The standard InChI is InChI=1S/C15H18N4O/c1-3-7-16-12-5-6-13(11(2)10-12)14(20)19-15-17-8-4-9-18-15/h4-6,8-10,16H,3,7H2,1-2H3,(H,17,18,19,20). The number of carbonyl (C=O) groups excluding carboxylic acids is 1. The van der Waals surface area contributed by atoms with Gasteiger partial charge in [-0.05, 0) is 43.2 Å². The second-order valence-electron chi connectivity index (χ2n) is 4.48. The Kier molecular flexibility index (Phi) is 4.65. The van der Waals surface area contributed by atoms with E-state index >= 15 is 0 Å². The number of anilines is 2. The van der Waals surface area contributed by atoms with Crippen molar-refractivity contribution >= 4 is 17.5 Å². The van der Waals surface area contributed by atoms with Crippen LogP contribution in [0.15, 0.2) is 36.7 Å². The van der Waals surface area contributed by atoms with Crippen LogP contribution < -0.4 is 10.6 Å². The third kappa shape index (κ3) is 3.54. The first-order chi connectivity index (χ1) is 9.70. The number of aromatic nitrogens is 2. The van der Waals surface area contributed by atoms with E-state index in [1.54, 1.807) is 18.5 Å². The molecule has 0 saturated carbocycles. The Morgan fingerprint density at radius 2 is 2.00 bits per heavy atom. The third-order valence-electron chi connectivity index (χ3n) is 2.84. The maximum atomic E-state index is 12.1. The lowest BCUT2D eigenvalue weighted by Gasteiger charge is -2.10. The predicted molar refractivity (Wildman–Crippen MR) is 79.9 cm³/mol. The number of carbonyl (C=O) groups is 1. The molecule has 5 heteroatoms. The van der Waals surface area contributed by atoms with Gasteiger partial charge in [0, 0.05) is 30.2 Å². The van der Waals surface area contributed by atoms with Crippen LogP contribution >= 0.6 is 0 Å². The highest BCUT2D eigenvalue weighted by Gasteiger charge is 2.10. The van der Waals surface area contributed by atoms with Crippen LogP contribution in [0, 0.1) is 6.92 Å². The van der Waals surface area contributed by atoms with Gasteiger partial charge in [0.05, 0.1) is 0 Å². The minimum Gasteiger partial charge on any atom is -0.385 e. The fourth-order valence-corrected chi connectivity index (χ4v) is 1.83.